The monoisotopic (exact) mass is 262 g/mol. The summed E-state index contributed by atoms with van der Waals surface area (Å²) in [6, 6.07) is 5.17. The number of carbonyl (C=O) groups excluding carboxylic acids is 1. The van der Waals surface area contributed by atoms with Gasteiger partial charge in [0, 0.05) is 5.69 Å². The number of rotatable bonds is 4. The van der Waals surface area contributed by atoms with Crippen molar-refractivity contribution in [1.29, 1.82) is 0 Å². The summed E-state index contributed by atoms with van der Waals surface area (Å²) >= 11 is 0. The van der Waals surface area contributed by atoms with Gasteiger partial charge < -0.3 is 21.0 Å². The fraction of sp³-hybridized carbons (Fsp3) is 0.385. The Morgan fingerprint density at radius 2 is 1.89 bits per heavy atom. The quantitative estimate of drug-likeness (QED) is 0.667. The lowest BCUT2D eigenvalue weighted by molar-refractivity contribution is -0.121. The van der Waals surface area contributed by atoms with E-state index in [0.29, 0.717) is 29.6 Å². The number of H-pyrrole nitrogens is 2. The van der Waals surface area contributed by atoms with Gasteiger partial charge in [-0.15, -0.1) is 0 Å². The van der Waals surface area contributed by atoms with Gasteiger partial charge in [0.05, 0.1) is 16.6 Å². The molecule has 6 nitrogen and oxygen atoms in total. The van der Waals surface area contributed by atoms with Gasteiger partial charge in [-0.1, -0.05) is 13.8 Å². The van der Waals surface area contributed by atoms with Gasteiger partial charge in [0.25, 0.3) is 0 Å². The third-order valence-corrected chi connectivity index (χ3v) is 3.49. The normalized spacial score (nSPS) is 11.7. The Kier molecular flexibility index (Phi) is 3.44. The molecule has 0 unspecified atom stereocenters. The maximum absolute atomic E-state index is 12.1. The summed E-state index contributed by atoms with van der Waals surface area (Å²) in [4.78, 5) is 28.6. The summed E-state index contributed by atoms with van der Waals surface area (Å²) in [6.07, 6.45) is 1.14. The van der Waals surface area contributed by atoms with Gasteiger partial charge in [0.1, 0.15) is 0 Å². The minimum atomic E-state index is -0.861. The maximum atomic E-state index is 12.1. The zero-order valence-electron chi connectivity index (χ0n) is 11.0. The van der Waals surface area contributed by atoms with Crippen LogP contribution in [0.5, 0.6) is 0 Å². The van der Waals surface area contributed by atoms with Crippen molar-refractivity contribution in [2.24, 2.45) is 5.73 Å². The Bertz CT molecular complexity index is 652. The maximum Gasteiger partial charge on any atom is 0.323 e. The molecular formula is C13H18N4O2. The molecule has 0 aliphatic carbocycles. The molecule has 0 spiro atoms. The molecule has 0 aliphatic heterocycles. The highest BCUT2D eigenvalue weighted by atomic mass is 16.2. The van der Waals surface area contributed by atoms with Crippen molar-refractivity contribution in [3.8, 4) is 0 Å². The SMILES string of the molecule is CCC(N)(CC)C(=O)Nc1ccc2[nH]c(=O)[nH]c2c1. The molecule has 6 heteroatoms. The summed E-state index contributed by atoms with van der Waals surface area (Å²) in [6.45, 7) is 3.77. The number of aromatic nitrogens is 2. The van der Waals surface area contributed by atoms with E-state index in [1.54, 1.807) is 18.2 Å². The van der Waals surface area contributed by atoms with E-state index >= 15 is 0 Å². The molecule has 1 aromatic heterocycles. The summed E-state index contributed by atoms with van der Waals surface area (Å²) in [5.41, 5.74) is 6.87. The molecule has 102 valence electrons. The Labute approximate surface area is 110 Å². The number of carbonyl (C=O) groups is 1. The molecule has 0 radical (unpaired) electrons. The van der Waals surface area contributed by atoms with Gasteiger partial charge in [-0.25, -0.2) is 4.79 Å². The van der Waals surface area contributed by atoms with Crippen molar-refractivity contribution < 1.29 is 4.79 Å². The van der Waals surface area contributed by atoms with Crippen LogP contribution in [-0.4, -0.2) is 21.4 Å². The molecule has 0 atom stereocenters. The lowest BCUT2D eigenvalue weighted by atomic mass is 9.93. The van der Waals surface area contributed by atoms with Crippen molar-refractivity contribution in [2.75, 3.05) is 5.32 Å². The number of hydrogen-bond acceptors (Lipinski definition) is 3. The Balaban J connectivity index is 2.26. The predicted octanol–water partition coefficient (Wildman–Crippen LogP) is 1.31. The molecule has 0 saturated heterocycles. The molecule has 0 fully saturated rings. The van der Waals surface area contributed by atoms with E-state index < -0.39 is 5.54 Å². The number of fused-ring (bicyclic) bond motifs is 1. The number of aromatic amines is 2. The van der Waals surface area contributed by atoms with Crippen LogP contribution in [-0.2, 0) is 4.79 Å². The molecule has 2 rings (SSSR count). The van der Waals surface area contributed by atoms with Crippen LogP contribution < -0.4 is 16.7 Å². The van der Waals surface area contributed by atoms with E-state index in [2.05, 4.69) is 15.3 Å². The van der Waals surface area contributed by atoms with Crippen LogP contribution in [0.1, 0.15) is 26.7 Å². The number of nitrogens with two attached hydrogens (primary N) is 1. The van der Waals surface area contributed by atoms with Gasteiger partial charge in [-0.3, -0.25) is 4.79 Å². The number of benzene rings is 1. The first-order valence-corrected chi connectivity index (χ1v) is 6.31. The second-order valence-corrected chi connectivity index (χ2v) is 4.66. The van der Waals surface area contributed by atoms with Gasteiger partial charge >= 0.3 is 5.69 Å². The molecule has 1 heterocycles. The van der Waals surface area contributed by atoms with E-state index in [1.165, 1.54) is 0 Å². The molecular weight excluding hydrogens is 244 g/mol. The van der Waals surface area contributed by atoms with Crippen LogP contribution in [0.4, 0.5) is 5.69 Å². The van der Waals surface area contributed by atoms with Crippen LogP contribution in [0.25, 0.3) is 11.0 Å². The molecule has 0 saturated carbocycles. The molecule has 1 amide bonds. The fourth-order valence-electron chi connectivity index (χ4n) is 1.94. The molecule has 19 heavy (non-hydrogen) atoms. The lowest BCUT2D eigenvalue weighted by Crippen LogP contribution is -2.50. The van der Waals surface area contributed by atoms with Crippen LogP contribution in [0, 0.1) is 0 Å². The van der Waals surface area contributed by atoms with Crippen molar-refractivity contribution in [3.63, 3.8) is 0 Å². The first-order valence-electron chi connectivity index (χ1n) is 6.31. The third-order valence-electron chi connectivity index (χ3n) is 3.49. The zero-order valence-corrected chi connectivity index (χ0v) is 11.0. The van der Waals surface area contributed by atoms with Crippen LogP contribution in [0.15, 0.2) is 23.0 Å². The predicted molar refractivity (Wildman–Crippen MR) is 75.0 cm³/mol. The molecule has 0 aliphatic rings. The molecule has 0 bridgehead atoms. The van der Waals surface area contributed by atoms with Crippen molar-refractivity contribution >= 4 is 22.6 Å². The van der Waals surface area contributed by atoms with E-state index in [4.69, 9.17) is 5.73 Å². The fourth-order valence-corrected chi connectivity index (χ4v) is 1.94. The molecule has 1 aromatic carbocycles. The Morgan fingerprint density at radius 3 is 2.53 bits per heavy atom. The first-order chi connectivity index (χ1) is 8.98. The smallest absolute Gasteiger partial charge is 0.323 e. The standard InChI is InChI=1S/C13H18N4O2/c1-3-13(14,4-2)11(18)15-8-5-6-9-10(7-8)17-12(19)16-9/h5-7H,3-4,14H2,1-2H3,(H,15,18)(H2,16,17,19). The van der Waals surface area contributed by atoms with Crippen molar-refractivity contribution in [2.45, 2.75) is 32.2 Å². The second kappa shape index (κ2) is 4.89. The highest BCUT2D eigenvalue weighted by Crippen LogP contribution is 2.18. The van der Waals surface area contributed by atoms with E-state index in [1.807, 2.05) is 13.8 Å². The summed E-state index contributed by atoms with van der Waals surface area (Å²) < 4.78 is 0. The van der Waals surface area contributed by atoms with Gasteiger partial charge in [0.2, 0.25) is 5.91 Å². The first kappa shape index (κ1) is 13.4. The van der Waals surface area contributed by atoms with Gasteiger partial charge in [-0.05, 0) is 31.0 Å². The number of amides is 1. The topological polar surface area (TPSA) is 104 Å². The largest absolute Gasteiger partial charge is 0.324 e. The van der Waals surface area contributed by atoms with Crippen molar-refractivity contribution in [1.82, 2.24) is 9.97 Å². The number of nitrogens with one attached hydrogen (secondary N) is 3. The second-order valence-electron chi connectivity index (χ2n) is 4.66. The minimum absolute atomic E-state index is 0.213. The Morgan fingerprint density at radius 1 is 1.26 bits per heavy atom. The van der Waals surface area contributed by atoms with E-state index in [0.717, 1.165) is 0 Å². The lowest BCUT2D eigenvalue weighted by Gasteiger charge is -2.25. The number of anilines is 1. The highest BCUT2D eigenvalue weighted by Gasteiger charge is 2.29. The molecule has 2 aromatic rings. The van der Waals surface area contributed by atoms with Crippen LogP contribution >= 0.6 is 0 Å². The van der Waals surface area contributed by atoms with Gasteiger partial charge in [0.15, 0.2) is 0 Å². The summed E-state index contributed by atoms with van der Waals surface area (Å²) in [5, 5.41) is 2.79. The minimum Gasteiger partial charge on any atom is -0.324 e. The van der Waals surface area contributed by atoms with Crippen LogP contribution in [0.2, 0.25) is 0 Å². The highest BCUT2D eigenvalue weighted by molar-refractivity contribution is 5.99. The number of hydrogen-bond donors (Lipinski definition) is 4. The van der Waals surface area contributed by atoms with Gasteiger partial charge in [-0.2, -0.15) is 0 Å². The Hall–Kier alpha value is -2.08. The molecule has 5 N–H and O–H groups in total. The summed E-state index contributed by atoms with van der Waals surface area (Å²) in [7, 11) is 0. The summed E-state index contributed by atoms with van der Waals surface area (Å²) in [5.74, 6) is -0.213. The van der Waals surface area contributed by atoms with Crippen molar-refractivity contribution in [3.05, 3.63) is 28.7 Å². The van der Waals surface area contributed by atoms with E-state index in [-0.39, 0.29) is 11.6 Å². The van der Waals surface area contributed by atoms with Crippen LogP contribution in [0.3, 0.4) is 0 Å². The average Bonchev–Trinajstić information content (AvgIpc) is 2.77. The number of imidazole rings is 1. The third kappa shape index (κ3) is 2.53. The van der Waals surface area contributed by atoms with E-state index in [9.17, 15) is 9.59 Å². The zero-order chi connectivity index (χ0) is 14.0. The average molecular weight is 262 g/mol.